The number of carbonyl (C=O) groups is 1. The maximum Gasteiger partial charge on any atom is 0.416 e. The van der Waals surface area contributed by atoms with Crippen LogP contribution >= 0.6 is 0 Å². The summed E-state index contributed by atoms with van der Waals surface area (Å²) in [6.07, 6.45) is 0.445. The summed E-state index contributed by atoms with van der Waals surface area (Å²) in [6.45, 7) is 1.67. The van der Waals surface area contributed by atoms with Crippen molar-refractivity contribution in [1.29, 1.82) is 0 Å². The molecule has 0 spiro atoms. The van der Waals surface area contributed by atoms with Crippen molar-refractivity contribution in [3.8, 4) is 0 Å². The second-order valence-electron chi connectivity index (χ2n) is 7.85. The van der Waals surface area contributed by atoms with E-state index in [1.165, 1.54) is 0 Å². The van der Waals surface area contributed by atoms with Crippen molar-refractivity contribution >= 4 is 17.3 Å². The number of benzene rings is 1. The molecular formula is C20H24F3N5O4. The van der Waals surface area contributed by atoms with Crippen LogP contribution in [0.25, 0.3) is 0 Å². The predicted octanol–water partition coefficient (Wildman–Crippen LogP) is 4.47. The summed E-state index contributed by atoms with van der Waals surface area (Å²) in [5.74, 6) is 0.502. The molecule has 1 aromatic heterocycles. The monoisotopic (exact) mass is 455 g/mol. The average molecular weight is 455 g/mol. The second kappa shape index (κ2) is 9.53. The molecular weight excluding hydrogens is 431 g/mol. The van der Waals surface area contributed by atoms with E-state index in [4.69, 9.17) is 4.52 Å². The van der Waals surface area contributed by atoms with Gasteiger partial charge in [0.15, 0.2) is 5.82 Å². The largest absolute Gasteiger partial charge is 0.416 e. The molecule has 174 valence electrons. The smallest absolute Gasteiger partial charge is 0.379 e. The van der Waals surface area contributed by atoms with Gasteiger partial charge < -0.3 is 15.2 Å². The molecule has 3 rings (SSSR count). The first kappa shape index (κ1) is 23.5. The van der Waals surface area contributed by atoms with Crippen LogP contribution in [0.15, 0.2) is 22.7 Å². The number of hydrogen-bond donors (Lipinski definition) is 2. The highest BCUT2D eigenvalue weighted by Crippen LogP contribution is 2.36. The molecule has 0 radical (unpaired) electrons. The maximum absolute atomic E-state index is 12.8. The highest BCUT2D eigenvalue weighted by Gasteiger charge is 2.38. The SMILES string of the molecule is Cc1nc(C2(NC(=O)CCNc3ccc(C(F)(F)F)cc3[N+](=O)[O-])CCCCCC2)no1. The van der Waals surface area contributed by atoms with E-state index in [2.05, 4.69) is 20.8 Å². The second-order valence-corrected chi connectivity index (χ2v) is 7.85. The normalized spacial score (nSPS) is 16.2. The van der Waals surface area contributed by atoms with Gasteiger partial charge in [-0.15, -0.1) is 0 Å². The lowest BCUT2D eigenvalue weighted by Gasteiger charge is -2.30. The summed E-state index contributed by atoms with van der Waals surface area (Å²) >= 11 is 0. The Morgan fingerprint density at radius 3 is 2.50 bits per heavy atom. The third-order valence-electron chi connectivity index (χ3n) is 5.48. The zero-order valence-electron chi connectivity index (χ0n) is 17.5. The molecule has 1 aromatic carbocycles. The molecule has 0 saturated heterocycles. The van der Waals surface area contributed by atoms with E-state index in [1.54, 1.807) is 6.92 Å². The summed E-state index contributed by atoms with van der Waals surface area (Å²) in [4.78, 5) is 27.3. The number of rotatable bonds is 7. The quantitative estimate of drug-likeness (QED) is 0.359. The molecule has 0 atom stereocenters. The minimum atomic E-state index is -4.69. The van der Waals surface area contributed by atoms with Gasteiger partial charge in [0.25, 0.3) is 5.69 Å². The van der Waals surface area contributed by atoms with Gasteiger partial charge in [-0.25, -0.2) is 0 Å². The zero-order chi connectivity index (χ0) is 23.4. The van der Waals surface area contributed by atoms with Crippen molar-refractivity contribution in [2.75, 3.05) is 11.9 Å². The zero-order valence-corrected chi connectivity index (χ0v) is 17.5. The Morgan fingerprint density at radius 1 is 1.25 bits per heavy atom. The maximum atomic E-state index is 12.8. The Kier molecular flexibility index (Phi) is 6.99. The predicted molar refractivity (Wildman–Crippen MR) is 108 cm³/mol. The van der Waals surface area contributed by atoms with Crippen LogP contribution in [0.5, 0.6) is 0 Å². The van der Waals surface area contributed by atoms with Crippen molar-refractivity contribution in [2.45, 2.75) is 63.6 Å². The van der Waals surface area contributed by atoms with E-state index >= 15 is 0 Å². The van der Waals surface area contributed by atoms with Gasteiger partial charge in [0.05, 0.1) is 10.5 Å². The van der Waals surface area contributed by atoms with Crippen molar-refractivity contribution in [1.82, 2.24) is 15.5 Å². The summed E-state index contributed by atoms with van der Waals surface area (Å²) < 4.78 is 43.6. The number of alkyl halides is 3. The van der Waals surface area contributed by atoms with Gasteiger partial charge in [0.1, 0.15) is 11.2 Å². The molecule has 1 heterocycles. The van der Waals surface area contributed by atoms with E-state index < -0.39 is 27.9 Å². The fourth-order valence-corrected chi connectivity index (χ4v) is 3.88. The van der Waals surface area contributed by atoms with Gasteiger partial charge in [-0.3, -0.25) is 14.9 Å². The van der Waals surface area contributed by atoms with Crippen molar-refractivity contribution < 1.29 is 27.4 Å². The number of nitro groups is 1. The molecule has 12 heteroatoms. The molecule has 0 aliphatic heterocycles. The number of nitrogens with zero attached hydrogens (tertiary/aromatic N) is 3. The van der Waals surface area contributed by atoms with Crippen molar-refractivity contribution in [3.63, 3.8) is 0 Å². The van der Waals surface area contributed by atoms with Gasteiger partial charge in [-0.2, -0.15) is 18.2 Å². The van der Waals surface area contributed by atoms with Gasteiger partial charge in [0.2, 0.25) is 11.8 Å². The lowest BCUT2D eigenvalue weighted by Crippen LogP contribution is -2.46. The van der Waals surface area contributed by atoms with Crippen LogP contribution in [0.4, 0.5) is 24.5 Å². The van der Waals surface area contributed by atoms with E-state index in [9.17, 15) is 28.1 Å². The summed E-state index contributed by atoms with van der Waals surface area (Å²) in [6, 6.07) is 2.23. The molecule has 32 heavy (non-hydrogen) atoms. The molecule has 1 amide bonds. The Morgan fingerprint density at radius 2 is 1.94 bits per heavy atom. The first-order valence-corrected chi connectivity index (χ1v) is 10.3. The van der Waals surface area contributed by atoms with Gasteiger partial charge in [0, 0.05) is 26.0 Å². The molecule has 1 saturated carbocycles. The van der Waals surface area contributed by atoms with Crippen LogP contribution in [0.2, 0.25) is 0 Å². The highest BCUT2D eigenvalue weighted by atomic mass is 19.4. The number of nitro benzene ring substituents is 1. The molecule has 2 N–H and O–H groups in total. The van der Waals surface area contributed by atoms with E-state index in [1.807, 2.05) is 0 Å². The number of halogens is 3. The van der Waals surface area contributed by atoms with E-state index in [-0.39, 0.29) is 24.6 Å². The topological polar surface area (TPSA) is 123 Å². The van der Waals surface area contributed by atoms with Crippen LogP contribution in [0, 0.1) is 17.0 Å². The standard InChI is InChI=1S/C20H24F3N5O4/c1-13-25-18(27-32-13)19(9-4-2-3-5-10-19)26-17(29)8-11-24-15-7-6-14(20(21,22)23)12-16(15)28(30)31/h6-7,12,24H,2-5,8-11H2,1H3,(H,26,29). The third kappa shape index (κ3) is 5.54. The molecule has 0 bridgehead atoms. The van der Waals surface area contributed by atoms with Crippen molar-refractivity contribution in [3.05, 3.63) is 45.6 Å². The minimum absolute atomic E-state index is 0.000605. The first-order valence-electron chi connectivity index (χ1n) is 10.3. The molecule has 1 aliphatic rings. The van der Waals surface area contributed by atoms with E-state index in [0.29, 0.717) is 30.6 Å². The lowest BCUT2D eigenvalue weighted by atomic mass is 9.89. The number of hydrogen-bond acceptors (Lipinski definition) is 7. The number of aryl methyl sites for hydroxylation is 1. The van der Waals surface area contributed by atoms with Gasteiger partial charge >= 0.3 is 6.18 Å². The van der Waals surface area contributed by atoms with E-state index in [0.717, 1.165) is 37.8 Å². The molecule has 9 nitrogen and oxygen atoms in total. The molecule has 1 fully saturated rings. The van der Waals surface area contributed by atoms with Crippen LogP contribution in [0.3, 0.4) is 0 Å². The molecule has 2 aromatic rings. The molecule has 0 unspecified atom stereocenters. The lowest BCUT2D eigenvalue weighted by molar-refractivity contribution is -0.384. The van der Waals surface area contributed by atoms with Gasteiger partial charge in [-0.05, 0) is 25.0 Å². The fraction of sp³-hybridized carbons (Fsp3) is 0.550. The third-order valence-corrected chi connectivity index (χ3v) is 5.48. The summed E-state index contributed by atoms with van der Waals surface area (Å²) in [7, 11) is 0. The Bertz CT molecular complexity index is 968. The highest BCUT2D eigenvalue weighted by molar-refractivity contribution is 5.77. The van der Waals surface area contributed by atoms with Crippen LogP contribution in [-0.4, -0.2) is 27.5 Å². The first-order chi connectivity index (χ1) is 15.1. The Balaban J connectivity index is 1.67. The van der Waals surface area contributed by atoms with Crippen LogP contribution in [-0.2, 0) is 16.5 Å². The van der Waals surface area contributed by atoms with Crippen LogP contribution in [0.1, 0.15) is 62.2 Å². The minimum Gasteiger partial charge on any atom is -0.379 e. The number of nitrogens with one attached hydrogen (secondary N) is 2. The summed E-state index contributed by atoms with van der Waals surface area (Å²) in [5, 5.41) is 20.9. The number of anilines is 1. The number of aromatic nitrogens is 2. The van der Waals surface area contributed by atoms with Crippen LogP contribution < -0.4 is 10.6 Å². The Hall–Kier alpha value is -3.18. The van der Waals surface area contributed by atoms with Crippen molar-refractivity contribution in [2.24, 2.45) is 0 Å². The fourth-order valence-electron chi connectivity index (χ4n) is 3.88. The molecule has 1 aliphatic carbocycles. The number of carbonyl (C=O) groups excluding carboxylic acids is 1. The Labute approximate surface area is 181 Å². The summed E-state index contributed by atoms with van der Waals surface area (Å²) in [5.41, 5.74) is -2.65. The van der Waals surface area contributed by atoms with Gasteiger partial charge in [-0.1, -0.05) is 30.8 Å². The average Bonchev–Trinajstić information content (AvgIpc) is 3.02. The number of amides is 1.